The highest BCUT2D eigenvalue weighted by atomic mass is 35.5. The minimum atomic E-state index is -0.520. The summed E-state index contributed by atoms with van der Waals surface area (Å²) in [6.07, 6.45) is 3.20. The van der Waals surface area contributed by atoms with Gasteiger partial charge in [0.2, 0.25) is 11.1 Å². The summed E-state index contributed by atoms with van der Waals surface area (Å²) in [4.78, 5) is 32.0. The first kappa shape index (κ1) is 28.0. The van der Waals surface area contributed by atoms with Crippen molar-refractivity contribution in [3.8, 4) is 11.5 Å². The number of piperidine rings is 1. The highest BCUT2D eigenvalue weighted by Crippen LogP contribution is 2.40. The average Bonchev–Trinajstić information content (AvgIpc) is 3.37. The van der Waals surface area contributed by atoms with Gasteiger partial charge in [-0.1, -0.05) is 47.6 Å². The molecule has 0 spiro atoms. The van der Waals surface area contributed by atoms with Crippen molar-refractivity contribution < 1.29 is 19.1 Å². The van der Waals surface area contributed by atoms with Crippen molar-refractivity contribution >= 4 is 41.0 Å². The van der Waals surface area contributed by atoms with E-state index in [1.807, 2.05) is 48.2 Å². The molecular formula is C29H32ClN5O4S. The molecule has 0 saturated carbocycles. The predicted octanol–water partition coefficient (Wildman–Crippen LogP) is 5.50. The molecular weight excluding hydrogens is 550 g/mol. The number of methoxy groups -OCH3 is 1. The van der Waals surface area contributed by atoms with Crippen LogP contribution < -0.4 is 14.8 Å². The first-order chi connectivity index (χ1) is 19.4. The Hall–Kier alpha value is -3.50. The molecule has 2 aromatic carbocycles. The van der Waals surface area contributed by atoms with Gasteiger partial charge in [0.05, 0.1) is 7.11 Å². The number of allylic oxidation sites excluding steroid dienone is 2. The number of likely N-dealkylation sites (tertiary alicyclic amines) is 1. The van der Waals surface area contributed by atoms with Crippen molar-refractivity contribution in [2.75, 3.05) is 32.1 Å². The quantitative estimate of drug-likeness (QED) is 0.331. The summed E-state index contributed by atoms with van der Waals surface area (Å²) >= 11 is 7.80. The monoisotopic (exact) mass is 581 g/mol. The van der Waals surface area contributed by atoms with Crippen LogP contribution in [0, 0.1) is 0 Å². The van der Waals surface area contributed by atoms with E-state index in [2.05, 4.69) is 10.3 Å². The number of ether oxygens (including phenoxy) is 2. The minimum absolute atomic E-state index is 0.0318. The summed E-state index contributed by atoms with van der Waals surface area (Å²) in [6, 6.07) is 12.6. The number of ketones is 1. The third kappa shape index (κ3) is 5.97. The van der Waals surface area contributed by atoms with Crippen molar-refractivity contribution in [2.45, 2.75) is 50.1 Å². The lowest BCUT2D eigenvalue weighted by Crippen LogP contribution is -2.38. The maximum Gasteiger partial charge on any atom is 0.260 e. The Morgan fingerprint density at radius 2 is 1.90 bits per heavy atom. The summed E-state index contributed by atoms with van der Waals surface area (Å²) in [7, 11) is 1.55. The molecule has 1 saturated heterocycles. The van der Waals surface area contributed by atoms with E-state index in [1.54, 1.807) is 24.8 Å². The molecule has 1 aromatic heterocycles. The van der Waals surface area contributed by atoms with Crippen LogP contribution in [0.2, 0.25) is 5.02 Å². The molecule has 3 aromatic rings. The van der Waals surface area contributed by atoms with Gasteiger partial charge in [-0.25, -0.2) is 4.68 Å². The van der Waals surface area contributed by atoms with Gasteiger partial charge >= 0.3 is 0 Å². The van der Waals surface area contributed by atoms with Crippen LogP contribution in [-0.2, 0) is 15.3 Å². The van der Waals surface area contributed by atoms with E-state index in [0.29, 0.717) is 44.6 Å². The van der Waals surface area contributed by atoms with Crippen molar-refractivity contribution in [1.29, 1.82) is 0 Å². The SMILES string of the molecule is COc1cc(C2C(C(C)=O)=C(C)Nc3nc(SCc4ccccc4Cl)nn32)ccc1OCC(=O)N1CCCCC1. The van der Waals surface area contributed by atoms with Crippen LogP contribution in [0.4, 0.5) is 5.95 Å². The zero-order chi connectivity index (χ0) is 28.2. The van der Waals surface area contributed by atoms with Crippen molar-refractivity contribution in [2.24, 2.45) is 0 Å². The number of anilines is 1. The number of aromatic nitrogens is 3. The number of thioether (sulfide) groups is 1. The lowest BCUT2D eigenvalue weighted by atomic mass is 9.93. The summed E-state index contributed by atoms with van der Waals surface area (Å²) < 4.78 is 13.3. The smallest absolute Gasteiger partial charge is 0.260 e. The molecule has 1 fully saturated rings. The Morgan fingerprint density at radius 3 is 2.62 bits per heavy atom. The molecule has 3 heterocycles. The van der Waals surface area contributed by atoms with Gasteiger partial charge in [-0.15, -0.1) is 5.10 Å². The van der Waals surface area contributed by atoms with Crippen LogP contribution in [0.5, 0.6) is 11.5 Å². The number of nitrogens with one attached hydrogen (secondary N) is 1. The molecule has 5 rings (SSSR count). The van der Waals surface area contributed by atoms with Gasteiger partial charge in [0, 0.05) is 35.1 Å². The number of Topliss-reactive ketones (excluding diaryl/α,β-unsaturated/α-hetero) is 1. The standard InChI is InChI=1S/C29H32ClN5O4S/c1-18-26(19(2)36)27(35-28(31-18)32-29(33-35)40-17-21-9-5-6-10-22(21)30)20-11-12-23(24(15-20)38-3)39-16-25(37)34-13-7-4-8-14-34/h5-6,9-12,15,27H,4,7-8,13-14,16-17H2,1-3H3,(H,31,32,33). The third-order valence-corrected chi connectivity index (χ3v) is 8.35. The largest absolute Gasteiger partial charge is 0.493 e. The fourth-order valence-corrected chi connectivity index (χ4v) is 6.18. The van der Waals surface area contributed by atoms with Crippen LogP contribution in [0.25, 0.3) is 0 Å². The highest BCUT2D eigenvalue weighted by molar-refractivity contribution is 7.98. The number of hydrogen-bond acceptors (Lipinski definition) is 8. The molecule has 1 amide bonds. The first-order valence-corrected chi connectivity index (χ1v) is 14.6. The number of carbonyl (C=O) groups is 2. The van der Waals surface area contributed by atoms with Gasteiger partial charge in [0.1, 0.15) is 6.04 Å². The number of rotatable bonds is 9. The van der Waals surface area contributed by atoms with Crippen LogP contribution >= 0.6 is 23.4 Å². The normalized spacial score (nSPS) is 16.8. The van der Waals surface area contributed by atoms with Crippen LogP contribution in [0.1, 0.15) is 50.3 Å². The number of nitrogens with zero attached hydrogens (tertiary/aromatic N) is 4. The van der Waals surface area contributed by atoms with Crippen LogP contribution in [0.3, 0.4) is 0 Å². The molecule has 0 radical (unpaired) electrons. The van der Waals surface area contributed by atoms with E-state index in [1.165, 1.54) is 11.8 Å². The lowest BCUT2D eigenvalue weighted by Gasteiger charge is -2.28. The zero-order valence-corrected chi connectivity index (χ0v) is 24.3. The molecule has 2 aliphatic rings. The molecule has 11 heteroatoms. The van der Waals surface area contributed by atoms with Crippen molar-refractivity contribution in [3.05, 3.63) is 69.9 Å². The Bertz CT molecular complexity index is 1450. The van der Waals surface area contributed by atoms with E-state index < -0.39 is 6.04 Å². The third-order valence-electron chi connectivity index (χ3n) is 7.09. The minimum Gasteiger partial charge on any atom is -0.493 e. The number of benzene rings is 2. The number of fused-ring (bicyclic) bond motifs is 1. The Morgan fingerprint density at radius 1 is 1.12 bits per heavy atom. The topological polar surface area (TPSA) is 98.6 Å². The van der Waals surface area contributed by atoms with E-state index in [0.717, 1.165) is 43.5 Å². The fraction of sp³-hybridized carbons (Fsp3) is 0.379. The predicted molar refractivity (Wildman–Crippen MR) is 155 cm³/mol. The Labute approximate surface area is 242 Å². The molecule has 1 unspecified atom stereocenters. The second kappa shape index (κ2) is 12.3. The molecule has 2 aliphatic heterocycles. The summed E-state index contributed by atoms with van der Waals surface area (Å²) in [5.74, 6) is 1.98. The molecule has 0 aliphatic carbocycles. The number of carbonyl (C=O) groups excluding carboxylic acids is 2. The van der Waals surface area contributed by atoms with E-state index in [9.17, 15) is 9.59 Å². The summed E-state index contributed by atoms with van der Waals surface area (Å²) in [6.45, 7) is 4.89. The van der Waals surface area contributed by atoms with Crippen LogP contribution in [0.15, 0.2) is 58.9 Å². The van der Waals surface area contributed by atoms with Gasteiger partial charge in [-0.2, -0.15) is 4.98 Å². The van der Waals surface area contributed by atoms with Crippen LogP contribution in [-0.4, -0.2) is 58.2 Å². The van der Waals surface area contributed by atoms with Gasteiger partial charge in [-0.3, -0.25) is 9.59 Å². The molecule has 40 heavy (non-hydrogen) atoms. The van der Waals surface area contributed by atoms with E-state index in [-0.39, 0.29) is 18.3 Å². The second-order valence-electron chi connectivity index (χ2n) is 9.81. The maximum atomic E-state index is 12.8. The van der Waals surface area contributed by atoms with Crippen molar-refractivity contribution in [3.63, 3.8) is 0 Å². The number of halogens is 1. The fourth-order valence-electron chi connectivity index (χ4n) is 5.06. The molecule has 1 atom stereocenters. The first-order valence-electron chi connectivity index (χ1n) is 13.3. The van der Waals surface area contributed by atoms with Gasteiger partial charge in [-0.05, 0) is 62.4 Å². The average molecular weight is 582 g/mol. The Kier molecular flexibility index (Phi) is 8.66. The summed E-state index contributed by atoms with van der Waals surface area (Å²) in [5, 5.41) is 9.26. The Balaban J connectivity index is 1.40. The summed E-state index contributed by atoms with van der Waals surface area (Å²) in [5.41, 5.74) is 3.07. The number of hydrogen-bond donors (Lipinski definition) is 1. The maximum absolute atomic E-state index is 12.8. The molecule has 0 bridgehead atoms. The molecule has 9 nitrogen and oxygen atoms in total. The number of amides is 1. The van der Waals surface area contributed by atoms with Crippen molar-refractivity contribution in [1.82, 2.24) is 19.7 Å². The zero-order valence-electron chi connectivity index (χ0n) is 22.8. The molecule has 1 N–H and O–H groups in total. The van der Waals surface area contributed by atoms with E-state index >= 15 is 0 Å². The van der Waals surface area contributed by atoms with Gasteiger partial charge in [0.15, 0.2) is 23.9 Å². The highest BCUT2D eigenvalue weighted by Gasteiger charge is 2.33. The van der Waals surface area contributed by atoms with E-state index in [4.69, 9.17) is 26.2 Å². The lowest BCUT2D eigenvalue weighted by molar-refractivity contribution is -0.134. The van der Waals surface area contributed by atoms with Gasteiger partial charge < -0.3 is 19.7 Å². The van der Waals surface area contributed by atoms with Gasteiger partial charge in [0.25, 0.3) is 5.91 Å². The second-order valence-corrected chi connectivity index (χ2v) is 11.2. The molecule has 210 valence electrons.